The van der Waals surface area contributed by atoms with E-state index in [9.17, 15) is 19.8 Å². The normalized spacial score (nSPS) is 29.4. The van der Waals surface area contributed by atoms with E-state index in [2.05, 4.69) is 0 Å². The van der Waals surface area contributed by atoms with Crippen molar-refractivity contribution in [3.05, 3.63) is 11.6 Å². The van der Waals surface area contributed by atoms with E-state index in [0.29, 0.717) is 0 Å². The van der Waals surface area contributed by atoms with Gasteiger partial charge in [-0.05, 0) is 18.8 Å². The number of hydrogen-bond acceptors (Lipinski definition) is 4. The van der Waals surface area contributed by atoms with Crippen LogP contribution in [0.5, 0.6) is 0 Å². The Kier molecular flexibility index (Phi) is 2.88. The van der Waals surface area contributed by atoms with E-state index in [0.717, 1.165) is 5.57 Å². The maximum Gasteiger partial charge on any atom is 0.0460 e. The molecule has 0 aliphatic heterocycles. The van der Waals surface area contributed by atoms with Gasteiger partial charge in [0.2, 0.25) is 0 Å². The molecular formula is C11H14O4-2. The number of carbonyl (C=O) groups excluding carboxylic acids is 2. The summed E-state index contributed by atoms with van der Waals surface area (Å²) in [7, 11) is 0. The largest absolute Gasteiger partial charge is 0.550 e. The summed E-state index contributed by atoms with van der Waals surface area (Å²) in [6, 6.07) is 0. The summed E-state index contributed by atoms with van der Waals surface area (Å²) in [5.41, 5.74) is 0.179. The molecule has 0 unspecified atom stereocenters. The van der Waals surface area contributed by atoms with Crippen LogP contribution in [0.25, 0.3) is 0 Å². The summed E-state index contributed by atoms with van der Waals surface area (Å²) >= 11 is 0. The molecule has 15 heavy (non-hydrogen) atoms. The van der Waals surface area contributed by atoms with Crippen LogP contribution in [0.2, 0.25) is 0 Å². The monoisotopic (exact) mass is 210 g/mol. The molecule has 1 aliphatic carbocycles. The predicted molar refractivity (Wildman–Crippen MR) is 49.1 cm³/mol. The van der Waals surface area contributed by atoms with E-state index in [-0.39, 0.29) is 6.42 Å². The Morgan fingerprint density at radius 3 is 2.27 bits per heavy atom. The van der Waals surface area contributed by atoms with E-state index in [1.54, 1.807) is 26.8 Å². The first kappa shape index (κ1) is 11.8. The smallest absolute Gasteiger partial charge is 0.0460 e. The van der Waals surface area contributed by atoms with Crippen LogP contribution >= 0.6 is 0 Å². The Balaban J connectivity index is 3.16. The van der Waals surface area contributed by atoms with Gasteiger partial charge in [0.05, 0.1) is 0 Å². The van der Waals surface area contributed by atoms with Gasteiger partial charge < -0.3 is 19.8 Å². The minimum Gasteiger partial charge on any atom is -0.550 e. The van der Waals surface area contributed by atoms with Crippen molar-refractivity contribution >= 4 is 11.9 Å². The van der Waals surface area contributed by atoms with Crippen LogP contribution in [0.1, 0.15) is 27.2 Å². The number of hydrogen-bond donors (Lipinski definition) is 0. The Hall–Kier alpha value is -1.32. The number of carboxylic acids is 2. The van der Waals surface area contributed by atoms with E-state index in [4.69, 9.17) is 0 Å². The molecule has 0 N–H and O–H groups in total. The molecule has 0 heterocycles. The third-order valence-corrected chi connectivity index (χ3v) is 2.92. The van der Waals surface area contributed by atoms with Crippen LogP contribution in [0.15, 0.2) is 11.6 Å². The lowest BCUT2D eigenvalue weighted by Gasteiger charge is -2.43. The van der Waals surface area contributed by atoms with Crippen molar-refractivity contribution in [2.24, 2.45) is 17.3 Å². The Morgan fingerprint density at radius 1 is 1.33 bits per heavy atom. The minimum atomic E-state index is -1.32. The average Bonchev–Trinajstić information content (AvgIpc) is 1.98. The zero-order chi connectivity index (χ0) is 11.8. The standard InChI is InChI=1S/C11H16O4/c1-6-4-7(9(12)13)8(10(14)15)11(2,3)5-6/h5,7-8H,4H2,1-3H3,(H,12,13)(H,14,15)/p-2/t7-,8-/m0/s1. The molecule has 0 spiro atoms. The molecule has 0 aromatic carbocycles. The molecule has 0 bridgehead atoms. The highest BCUT2D eigenvalue weighted by Gasteiger charge is 2.39. The lowest BCUT2D eigenvalue weighted by Crippen LogP contribution is -2.51. The van der Waals surface area contributed by atoms with Crippen molar-refractivity contribution in [1.82, 2.24) is 0 Å². The molecule has 84 valence electrons. The second-order valence-electron chi connectivity index (χ2n) is 4.74. The third-order valence-electron chi connectivity index (χ3n) is 2.92. The van der Waals surface area contributed by atoms with Gasteiger partial charge in [-0.3, -0.25) is 0 Å². The minimum absolute atomic E-state index is 0.227. The molecule has 2 atom stereocenters. The zero-order valence-corrected chi connectivity index (χ0v) is 9.07. The van der Waals surface area contributed by atoms with Crippen LogP contribution in [-0.4, -0.2) is 11.9 Å². The van der Waals surface area contributed by atoms with Crippen LogP contribution < -0.4 is 10.2 Å². The van der Waals surface area contributed by atoms with Crippen molar-refractivity contribution < 1.29 is 19.8 Å². The van der Waals surface area contributed by atoms with Crippen LogP contribution in [0.4, 0.5) is 0 Å². The lowest BCUT2D eigenvalue weighted by molar-refractivity contribution is -0.330. The first-order valence-electron chi connectivity index (χ1n) is 4.86. The molecule has 4 nitrogen and oxygen atoms in total. The first-order valence-corrected chi connectivity index (χ1v) is 4.86. The third kappa shape index (κ3) is 2.19. The molecule has 0 fully saturated rings. The highest BCUT2D eigenvalue weighted by molar-refractivity contribution is 5.79. The zero-order valence-electron chi connectivity index (χ0n) is 9.07. The van der Waals surface area contributed by atoms with E-state index < -0.39 is 29.2 Å². The molecule has 0 amide bonds. The predicted octanol–water partition coefficient (Wildman–Crippen LogP) is -0.905. The SMILES string of the molecule is CC1=CC(C)(C)[C@H](C(=O)[O-])[C@@H](C(=O)[O-])C1. The molecule has 0 radical (unpaired) electrons. The van der Waals surface area contributed by atoms with Gasteiger partial charge in [-0.1, -0.05) is 25.5 Å². The van der Waals surface area contributed by atoms with E-state index in [1.807, 2.05) is 0 Å². The maximum absolute atomic E-state index is 11.0. The topological polar surface area (TPSA) is 80.3 Å². The lowest BCUT2D eigenvalue weighted by atomic mass is 9.65. The van der Waals surface area contributed by atoms with Crippen molar-refractivity contribution in [2.75, 3.05) is 0 Å². The number of allylic oxidation sites excluding steroid dienone is 2. The average molecular weight is 210 g/mol. The van der Waals surface area contributed by atoms with Gasteiger partial charge >= 0.3 is 0 Å². The fourth-order valence-electron chi connectivity index (χ4n) is 2.45. The van der Waals surface area contributed by atoms with Gasteiger partial charge in [-0.2, -0.15) is 0 Å². The molecule has 0 aromatic rings. The molecule has 0 saturated heterocycles. The molecule has 4 heteroatoms. The fourth-order valence-corrected chi connectivity index (χ4v) is 2.45. The van der Waals surface area contributed by atoms with Crippen LogP contribution in [0.3, 0.4) is 0 Å². The number of carboxylic acid groups (broad SMARTS) is 2. The molecular weight excluding hydrogens is 196 g/mol. The summed E-state index contributed by atoms with van der Waals surface area (Å²) in [6.45, 7) is 5.20. The Bertz CT molecular complexity index is 327. The van der Waals surface area contributed by atoms with Gasteiger partial charge in [-0.15, -0.1) is 0 Å². The van der Waals surface area contributed by atoms with Crippen molar-refractivity contribution in [3.8, 4) is 0 Å². The van der Waals surface area contributed by atoms with Crippen molar-refractivity contribution in [3.63, 3.8) is 0 Å². The van der Waals surface area contributed by atoms with Gasteiger partial charge in [0.25, 0.3) is 0 Å². The Labute approximate surface area is 88.6 Å². The summed E-state index contributed by atoms with van der Waals surface area (Å²) in [6.07, 6.45) is 2.03. The Morgan fingerprint density at radius 2 is 1.87 bits per heavy atom. The summed E-state index contributed by atoms with van der Waals surface area (Å²) in [5.74, 6) is -4.65. The van der Waals surface area contributed by atoms with E-state index >= 15 is 0 Å². The van der Waals surface area contributed by atoms with Gasteiger partial charge in [0, 0.05) is 23.8 Å². The second-order valence-corrected chi connectivity index (χ2v) is 4.74. The quantitative estimate of drug-likeness (QED) is 0.553. The summed E-state index contributed by atoms with van der Waals surface area (Å²) in [5, 5.41) is 21.8. The fraction of sp³-hybridized carbons (Fsp3) is 0.636. The van der Waals surface area contributed by atoms with Gasteiger partial charge in [-0.25, -0.2) is 0 Å². The number of aliphatic carboxylic acids is 2. The summed E-state index contributed by atoms with van der Waals surface area (Å²) < 4.78 is 0. The van der Waals surface area contributed by atoms with Crippen molar-refractivity contribution in [2.45, 2.75) is 27.2 Å². The molecule has 1 aliphatic rings. The highest BCUT2D eigenvalue weighted by Crippen LogP contribution is 2.41. The van der Waals surface area contributed by atoms with Crippen LogP contribution in [0, 0.1) is 17.3 Å². The van der Waals surface area contributed by atoms with E-state index in [1.165, 1.54) is 0 Å². The van der Waals surface area contributed by atoms with Gasteiger partial charge in [0.15, 0.2) is 0 Å². The molecule has 1 rings (SSSR count). The molecule has 0 aromatic heterocycles. The second kappa shape index (κ2) is 3.68. The number of carbonyl (C=O) groups is 2. The first-order chi connectivity index (χ1) is 6.75. The van der Waals surface area contributed by atoms with Crippen LogP contribution in [-0.2, 0) is 9.59 Å². The highest BCUT2D eigenvalue weighted by atomic mass is 16.4. The van der Waals surface area contributed by atoms with Crippen molar-refractivity contribution in [1.29, 1.82) is 0 Å². The van der Waals surface area contributed by atoms with Gasteiger partial charge in [0.1, 0.15) is 0 Å². The summed E-state index contributed by atoms with van der Waals surface area (Å²) in [4.78, 5) is 21.8. The maximum atomic E-state index is 11.0. The number of rotatable bonds is 2. The molecule has 0 saturated carbocycles.